The van der Waals surface area contributed by atoms with Crippen molar-refractivity contribution in [1.82, 2.24) is 9.62 Å². The highest BCUT2D eigenvalue weighted by Gasteiger charge is 2.24. The number of nitrogens with zero attached hydrogens (tertiary/aromatic N) is 2. The molecule has 0 saturated carbocycles. The summed E-state index contributed by atoms with van der Waals surface area (Å²) in [5.74, 6) is 2.44. The van der Waals surface area contributed by atoms with Crippen LogP contribution in [0.25, 0.3) is 0 Å². The van der Waals surface area contributed by atoms with E-state index >= 15 is 0 Å². The zero-order valence-corrected chi connectivity index (χ0v) is 18.0. The van der Waals surface area contributed by atoms with Gasteiger partial charge in [-0.3, -0.25) is 4.99 Å². The van der Waals surface area contributed by atoms with Gasteiger partial charge in [-0.1, -0.05) is 0 Å². The molecule has 0 radical (unpaired) electrons. The van der Waals surface area contributed by atoms with Crippen molar-refractivity contribution in [3.05, 3.63) is 18.2 Å². The Morgan fingerprint density at radius 3 is 2.54 bits per heavy atom. The fraction of sp³-hybridized carbons (Fsp3) is 0.632. The molecule has 1 aliphatic rings. The van der Waals surface area contributed by atoms with Crippen molar-refractivity contribution in [1.29, 1.82) is 0 Å². The highest BCUT2D eigenvalue weighted by atomic mass is 32.2. The molecular formula is C19H32N4O4S. The monoisotopic (exact) mass is 412 g/mol. The Hall–Kier alpha value is -2.00. The van der Waals surface area contributed by atoms with Crippen LogP contribution in [-0.4, -0.2) is 64.8 Å². The number of aliphatic imine (C=N–C) groups is 1. The molecule has 0 bridgehead atoms. The lowest BCUT2D eigenvalue weighted by molar-refractivity contribution is 0.280. The predicted octanol–water partition coefficient (Wildman–Crippen LogP) is 2.14. The van der Waals surface area contributed by atoms with E-state index in [2.05, 4.69) is 10.6 Å². The first-order valence-corrected chi connectivity index (χ1v) is 11.5. The van der Waals surface area contributed by atoms with Crippen molar-refractivity contribution < 1.29 is 17.9 Å². The van der Waals surface area contributed by atoms with E-state index in [4.69, 9.17) is 14.5 Å². The van der Waals surface area contributed by atoms with Crippen LogP contribution >= 0.6 is 0 Å². The van der Waals surface area contributed by atoms with E-state index in [1.807, 2.05) is 32.0 Å². The lowest BCUT2D eigenvalue weighted by atomic mass is 9.98. The van der Waals surface area contributed by atoms with Gasteiger partial charge in [-0.15, -0.1) is 0 Å². The van der Waals surface area contributed by atoms with Crippen LogP contribution in [0.1, 0.15) is 26.7 Å². The van der Waals surface area contributed by atoms with Gasteiger partial charge in [-0.25, -0.2) is 12.7 Å². The van der Waals surface area contributed by atoms with Gasteiger partial charge in [0, 0.05) is 37.9 Å². The van der Waals surface area contributed by atoms with Crippen molar-refractivity contribution in [3.63, 3.8) is 0 Å². The Morgan fingerprint density at radius 1 is 1.25 bits per heavy atom. The second-order valence-electron chi connectivity index (χ2n) is 6.75. The maximum Gasteiger partial charge on any atom is 0.211 e. The molecule has 2 N–H and O–H groups in total. The summed E-state index contributed by atoms with van der Waals surface area (Å²) in [5.41, 5.74) is 0.857. The Morgan fingerprint density at radius 2 is 1.96 bits per heavy atom. The molecule has 0 spiro atoms. The maximum atomic E-state index is 11.6. The van der Waals surface area contributed by atoms with E-state index in [-0.39, 0.29) is 0 Å². The number of sulfonamides is 1. The van der Waals surface area contributed by atoms with Crippen molar-refractivity contribution >= 4 is 21.7 Å². The van der Waals surface area contributed by atoms with E-state index in [0.29, 0.717) is 49.6 Å². The van der Waals surface area contributed by atoms with E-state index in [1.54, 1.807) is 11.4 Å². The topological polar surface area (TPSA) is 92.3 Å². The normalized spacial score (nSPS) is 16.6. The predicted molar refractivity (Wildman–Crippen MR) is 113 cm³/mol. The number of ether oxygens (including phenoxy) is 2. The number of methoxy groups -OCH3 is 1. The minimum atomic E-state index is -3.09. The second-order valence-corrected chi connectivity index (χ2v) is 8.73. The number of guanidine groups is 1. The van der Waals surface area contributed by atoms with Crippen molar-refractivity contribution in [2.45, 2.75) is 26.7 Å². The third-order valence-electron chi connectivity index (χ3n) is 4.62. The molecule has 1 fully saturated rings. The van der Waals surface area contributed by atoms with Gasteiger partial charge in [-0.05, 0) is 44.7 Å². The van der Waals surface area contributed by atoms with E-state index in [0.717, 1.165) is 25.1 Å². The molecule has 1 aromatic rings. The molecule has 0 amide bonds. The first kappa shape index (κ1) is 22.3. The molecular weight excluding hydrogens is 380 g/mol. The highest BCUT2D eigenvalue weighted by Crippen LogP contribution is 2.30. The standard InChI is InChI=1S/C19H32N4O4S/c1-5-20-19(21-14-15-9-11-23(12-10-15)28(4,24)25)22-16-7-8-17(26-3)18(13-16)27-6-2/h7-8,13,15H,5-6,9-12,14H2,1-4H3,(H2,20,21,22). The van der Waals surface area contributed by atoms with Crippen LogP contribution in [0.15, 0.2) is 23.2 Å². The van der Waals surface area contributed by atoms with E-state index in [9.17, 15) is 8.42 Å². The molecule has 0 aromatic heterocycles. The summed E-state index contributed by atoms with van der Waals surface area (Å²) in [6, 6.07) is 5.66. The summed E-state index contributed by atoms with van der Waals surface area (Å²) in [6.45, 7) is 7.04. The number of anilines is 1. The second kappa shape index (κ2) is 10.5. The van der Waals surface area contributed by atoms with E-state index < -0.39 is 10.0 Å². The fourth-order valence-corrected chi connectivity index (χ4v) is 3.98. The van der Waals surface area contributed by atoms with Crippen LogP contribution in [0.5, 0.6) is 11.5 Å². The van der Waals surface area contributed by atoms with Crippen LogP contribution in [0, 0.1) is 5.92 Å². The molecule has 28 heavy (non-hydrogen) atoms. The van der Waals surface area contributed by atoms with Crippen LogP contribution in [-0.2, 0) is 10.0 Å². The first-order chi connectivity index (χ1) is 13.4. The lowest BCUT2D eigenvalue weighted by Gasteiger charge is -2.29. The molecule has 0 atom stereocenters. The van der Waals surface area contributed by atoms with Gasteiger partial charge in [0.05, 0.1) is 20.0 Å². The average Bonchev–Trinajstić information content (AvgIpc) is 2.66. The SMILES string of the molecule is CCNC(=NCC1CCN(S(C)(=O)=O)CC1)Nc1ccc(OC)c(OCC)c1. The summed E-state index contributed by atoms with van der Waals surface area (Å²) in [7, 11) is -1.48. The molecule has 0 unspecified atom stereocenters. The molecule has 1 aliphatic heterocycles. The molecule has 1 aromatic carbocycles. The van der Waals surface area contributed by atoms with E-state index in [1.165, 1.54) is 6.26 Å². The smallest absolute Gasteiger partial charge is 0.211 e. The van der Waals surface area contributed by atoms with Gasteiger partial charge in [0.15, 0.2) is 17.5 Å². The fourth-order valence-electron chi connectivity index (χ4n) is 3.11. The van der Waals surface area contributed by atoms with Gasteiger partial charge in [0.1, 0.15) is 0 Å². The number of hydrogen-bond acceptors (Lipinski definition) is 5. The molecule has 2 rings (SSSR count). The third kappa shape index (κ3) is 6.56. The van der Waals surface area contributed by atoms with Gasteiger partial charge >= 0.3 is 0 Å². The summed E-state index contributed by atoms with van der Waals surface area (Å²) in [6.07, 6.45) is 2.92. The number of benzene rings is 1. The lowest BCUT2D eigenvalue weighted by Crippen LogP contribution is -2.38. The Labute approximate surface area is 168 Å². The molecule has 9 heteroatoms. The van der Waals surface area contributed by atoms with Crippen LogP contribution in [0.3, 0.4) is 0 Å². The van der Waals surface area contributed by atoms with Gasteiger partial charge in [0.2, 0.25) is 10.0 Å². The summed E-state index contributed by atoms with van der Waals surface area (Å²) < 4.78 is 35.7. The maximum absolute atomic E-state index is 11.6. The molecule has 1 saturated heterocycles. The van der Waals surface area contributed by atoms with Gasteiger partial charge < -0.3 is 20.1 Å². The number of rotatable bonds is 8. The Bertz CT molecular complexity index is 759. The van der Waals surface area contributed by atoms with Crippen LogP contribution < -0.4 is 20.1 Å². The van der Waals surface area contributed by atoms with Crippen molar-refractivity contribution in [3.8, 4) is 11.5 Å². The minimum absolute atomic E-state index is 0.378. The van der Waals surface area contributed by atoms with Crippen LogP contribution in [0.2, 0.25) is 0 Å². The summed E-state index contributed by atoms with van der Waals surface area (Å²) in [4.78, 5) is 4.69. The molecule has 158 valence electrons. The van der Waals surface area contributed by atoms with Gasteiger partial charge in [0.25, 0.3) is 0 Å². The number of hydrogen-bond donors (Lipinski definition) is 2. The quantitative estimate of drug-likeness (QED) is 0.502. The average molecular weight is 413 g/mol. The molecule has 1 heterocycles. The highest BCUT2D eigenvalue weighted by molar-refractivity contribution is 7.88. The Kier molecular flexibility index (Phi) is 8.37. The summed E-state index contributed by atoms with van der Waals surface area (Å²) >= 11 is 0. The minimum Gasteiger partial charge on any atom is -0.493 e. The third-order valence-corrected chi connectivity index (χ3v) is 5.92. The zero-order chi connectivity index (χ0) is 20.6. The molecule has 8 nitrogen and oxygen atoms in total. The number of nitrogens with one attached hydrogen (secondary N) is 2. The first-order valence-electron chi connectivity index (χ1n) is 9.68. The van der Waals surface area contributed by atoms with Crippen molar-refractivity contribution in [2.75, 3.05) is 51.5 Å². The van der Waals surface area contributed by atoms with Gasteiger partial charge in [-0.2, -0.15) is 0 Å². The zero-order valence-electron chi connectivity index (χ0n) is 17.2. The Balaban J connectivity index is 2.00. The number of piperidine rings is 1. The largest absolute Gasteiger partial charge is 0.493 e. The molecule has 0 aliphatic carbocycles. The van der Waals surface area contributed by atoms with Crippen molar-refractivity contribution in [2.24, 2.45) is 10.9 Å². The summed E-state index contributed by atoms with van der Waals surface area (Å²) in [5, 5.41) is 6.54. The van der Waals surface area contributed by atoms with Crippen LogP contribution in [0.4, 0.5) is 5.69 Å².